The van der Waals surface area contributed by atoms with Crippen molar-refractivity contribution in [1.29, 1.82) is 0 Å². The van der Waals surface area contributed by atoms with Gasteiger partial charge in [0.25, 0.3) is 0 Å². The second-order valence-electron chi connectivity index (χ2n) is 8.32. The zero-order valence-corrected chi connectivity index (χ0v) is 18.7. The number of carbonyl (C=O) groups is 1. The number of aromatic nitrogens is 4. The van der Waals surface area contributed by atoms with Crippen molar-refractivity contribution >= 4 is 22.6 Å². The molecular formula is C27H25N5O. The molecule has 0 spiro atoms. The topological polar surface area (TPSA) is 66.8 Å². The zero-order chi connectivity index (χ0) is 22.8. The number of pyridine rings is 1. The number of aromatic amines is 1. The van der Waals surface area contributed by atoms with E-state index in [1.54, 1.807) is 12.4 Å². The molecule has 0 saturated carbocycles. The largest absolute Gasteiger partial charge is 0.378 e. The molecule has 6 nitrogen and oxygen atoms in total. The summed E-state index contributed by atoms with van der Waals surface area (Å²) < 4.78 is 1.44. The van der Waals surface area contributed by atoms with E-state index in [2.05, 4.69) is 50.3 Å². The van der Waals surface area contributed by atoms with Gasteiger partial charge in [-0.25, -0.2) is 9.67 Å². The molecule has 0 bridgehead atoms. The molecule has 0 saturated heterocycles. The molecule has 6 heteroatoms. The molecule has 5 aromatic rings. The van der Waals surface area contributed by atoms with Crippen molar-refractivity contribution in [3.8, 4) is 22.3 Å². The van der Waals surface area contributed by atoms with Crippen molar-refractivity contribution in [2.75, 3.05) is 19.0 Å². The Morgan fingerprint density at radius 3 is 2.52 bits per heavy atom. The molecule has 164 valence electrons. The fraction of sp³-hybridized carbons (Fsp3) is 0.148. The summed E-state index contributed by atoms with van der Waals surface area (Å²) in [6, 6.07) is 20.6. The van der Waals surface area contributed by atoms with E-state index < -0.39 is 0 Å². The van der Waals surface area contributed by atoms with E-state index >= 15 is 0 Å². The van der Waals surface area contributed by atoms with Crippen LogP contribution < -0.4 is 4.90 Å². The molecule has 0 aliphatic heterocycles. The van der Waals surface area contributed by atoms with E-state index in [0.29, 0.717) is 12.8 Å². The first-order valence-corrected chi connectivity index (χ1v) is 11.0. The van der Waals surface area contributed by atoms with Crippen LogP contribution in [0.2, 0.25) is 0 Å². The van der Waals surface area contributed by atoms with Crippen LogP contribution in [-0.4, -0.2) is 39.8 Å². The minimum absolute atomic E-state index is 0.0234. The monoisotopic (exact) mass is 435 g/mol. The first-order valence-electron chi connectivity index (χ1n) is 11.0. The van der Waals surface area contributed by atoms with Gasteiger partial charge in [-0.15, -0.1) is 0 Å². The Labute approximate surface area is 192 Å². The molecule has 5 rings (SSSR count). The van der Waals surface area contributed by atoms with Crippen LogP contribution in [-0.2, 0) is 6.42 Å². The summed E-state index contributed by atoms with van der Waals surface area (Å²) in [6.45, 7) is 0. The zero-order valence-electron chi connectivity index (χ0n) is 18.7. The molecule has 3 aromatic heterocycles. The molecule has 3 heterocycles. The summed E-state index contributed by atoms with van der Waals surface area (Å²) >= 11 is 0. The van der Waals surface area contributed by atoms with Crippen molar-refractivity contribution in [1.82, 2.24) is 19.7 Å². The highest BCUT2D eigenvalue weighted by Gasteiger charge is 2.13. The van der Waals surface area contributed by atoms with Gasteiger partial charge in [0.15, 0.2) is 0 Å². The Morgan fingerprint density at radius 2 is 1.76 bits per heavy atom. The molecule has 0 fully saturated rings. The molecule has 2 aromatic carbocycles. The summed E-state index contributed by atoms with van der Waals surface area (Å²) in [5.41, 5.74) is 7.12. The maximum Gasteiger partial charge on any atom is 0.247 e. The van der Waals surface area contributed by atoms with E-state index in [0.717, 1.165) is 44.5 Å². The predicted molar refractivity (Wildman–Crippen MR) is 132 cm³/mol. The highest BCUT2D eigenvalue weighted by atomic mass is 16.2. The molecule has 0 aliphatic carbocycles. The molecular weight excluding hydrogens is 410 g/mol. The van der Waals surface area contributed by atoms with Gasteiger partial charge in [0, 0.05) is 66.9 Å². The van der Waals surface area contributed by atoms with Crippen LogP contribution >= 0.6 is 0 Å². The van der Waals surface area contributed by atoms with Gasteiger partial charge in [0.1, 0.15) is 5.65 Å². The van der Waals surface area contributed by atoms with Gasteiger partial charge < -0.3 is 9.88 Å². The van der Waals surface area contributed by atoms with Crippen LogP contribution in [0.1, 0.15) is 16.8 Å². The minimum Gasteiger partial charge on any atom is -0.378 e. The quantitative estimate of drug-likeness (QED) is 0.386. The number of hydrogen-bond donors (Lipinski definition) is 1. The number of aryl methyl sites for hydroxylation is 1. The molecule has 0 aliphatic rings. The lowest BCUT2D eigenvalue weighted by Gasteiger charge is -2.12. The number of carbonyl (C=O) groups excluding carboxylic acids is 1. The molecule has 0 amide bonds. The van der Waals surface area contributed by atoms with E-state index in [1.807, 2.05) is 56.8 Å². The van der Waals surface area contributed by atoms with Crippen LogP contribution in [0.15, 0.2) is 85.5 Å². The van der Waals surface area contributed by atoms with Crippen LogP contribution in [0.3, 0.4) is 0 Å². The van der Waals surface area contributed by atoms with E-state index in [4.69, 9.17) is 0 Å². The molecule has 0 unspecified atom stereocenters. The van der Waals surface area contributed by atoms with Crippen LogP contribution in [0, 0.1) is 0 Å². The fourth-order valence-corrected chi connectivity index (χ4v) is 3.96. The summed E-state index contributed by atoms with van der Waals surface area (Å²) in [5, 5.41) is 5.33. The van der Waals surface area contributed by atoms with Crippen molar-refractivity contribution in [3.63, 3.8) is 0 Å². The second kappa shape index (κ2) is 8.74. The lowest BCUT2D eigenvalue weighted by atomic mass is 10.0. The third kappa shape index (κ3) is 4.28. The first kappa shape index (κ1) is 20.7. The van der Waals surface area contributed by atoms with E-state index in [1.165, 1.54) is 4.68 Å². The number of anilines is 1. The van der Waals surface area contributed by atoms with Gasteiger partial charge in [0.05, 0.1) is 6.20 Å². The predicted octanol–water partition coefficient (Wildman–Crippen LogP) is 5.43. The average Bonchev–Trinajstić information content (AvgIpc) is 3.50. The lowest BCUT2D eigenvalue weighted by Crippen LogP contribution is -2.11. The standard InChI is InChI=1S/C27H25N5O/c1-31(2)23-11-9-20(10-12-23)21-14-24-25(17-29-27(24)28-15-21)22-16-30-32(18-22)26(33)13-8-19-6-4-3-5-7-19/h3-7,9-12,14-18H,8,13H2,1-2H3,(H,28,29). The molecule has 0 atom stereocenters. The summed E-state index contributed by atoms with van der Waals surface area (Å²) in [4.78, 5) is 22.6. The van der Waals surface area contributed by atoms with Crippen LogP contribution in [0.25, 0.3) is 33.3 Å². The fourth-order valence-electron chi connectivity index (χ4n) is 3.96. The maximum atomic E-state index is 12.7. The van der Waals surface area contributed by atoms with Crippen LogP contribution in [0.5, 0.6) is 0 Å². The van der Waals surface area contributed by atoms with Gasteiger partial charge in [0.2, 0.25) is 5.91 Å². The maximum absolute atomic E-state index is 12.7. The first-order chi connectivity index (χ1) is 16.1. The number of benzene rings is 2. The third-order valence-corrected chi connectivity index (χ3v) is 5.87. The summed E-state index contributed by atoms with van der Waals surface area (Å²) in [5.74, 6) is -0.0234. The average molecular weight is 436 g/mol. The smallest absolute Gasteiger partial charge is 0.247 e. The van der Waals surface area contributed by atoms with Gasteiger partial charge in [-0.1, -0.05) is 42.5 Å². The number of rotatable bonds is 6. The van der Waals surface area contributed by atoms with Crippen molar-refractivity contribution < 1.29 is 4.79 Å². The number of fused-ring (bicyclic) bond motifs is 1. The second-order valence-corrected chi connectivity index (χ2v) is 8.32. The third-order valence-electron chi connectivity index (χ3n) is 5.87. The Kier molecular flexibility index (Phi) is 5.48. The molecule has 33 heavy (non-hydrogen) atoms. The normalized spacial score (nSPS) is 11.1. The molecule has 0 radical (unpaired) electrons. The number of hydrogen-bond acceptors (Lipinski definition) is 4. The number of nitrogens with one attached hydrogen (secondary N) is 1. The summed E-state index contributed by atoms with van der Waals surface area (Å²) in [7, 11) is 4.06. The van der Waals surface area contributed by atoms with Gasteiger partial charge in [-0.3, -0.25) is 4.79 Å². The Bertz CT molecular complexity index is 1400. The minimum atomic E-state index is -0.0234. The molecule has 1 N–H and O–H groups in total. The highest BCUT2D eigenvalue weighted by molar-refractivity contribution is 5.96. The SMILES string of the molecule is CN(C)c1ccc(-c2cnc3[nH]cc(-c4cnn(C(=O)CCc5ccccc5)c4)c3c2)cc1. The number of H-pyrrole nitrogens is 1. The lowest BCUT2D eigenvalue weighted by molar-refractivity contribution is 0.0887. The Balaban J connectivity index is 1.39. The van der Waals surface area contributed by atoms with Gasteiger partial charge >= 0.3 is 0 Å². The van der Waals surface area contributed by atoms with Crippen molar-refractivity contribution in [2.24, 2.45) is 0 Å². The van der Waals surface area contributed by atoms with Gasteiger partial charge in [-0.05, 0) is 35.7 Å². The number of nitrogens with zero attached hydrogens (tertiary/aromatic N) is 4. The van der Waals surface area contributed by atoms with E-state index in [-0.39, 0.29) is 5.91 Å². The van der Waals surface area contributed by atoms with Crippen molar-refractivity contribution in [3.05, 3.63) is 91.0 Å². The van der Waals surface area contributed by atoms with Crippen molar-refractivity contribution in [2.45, 2.75) is 12.8 Å². The highest BCUT2D eigenvalue weighted by Crippen LogP contribution is 2.31. The van der Waals surface area contributed by atoms with Gasteiger partial charge in [-0.2, -0.15) is 5.10 Å². The Hall–Kier alpha value is -4.19. The van der Waals surface area contributed by atoms with Crippen LogP contribution in [0.4, 0.5) is 5.69 Å². The van der Waals surface area contributed by atoms with E-state index in [9.17, 15) is 4.79 Å². The Morgan fingerprint density at radius 1 is 0.970 bits per heavy atom. The summed E-state index contributed by atoms with van der Waals surface area (Å²) in [6.07, 6.45) is 8.45.